The summed E-state index contributed by atoms with van der Waals surface area (Å²) in [5.74, 6) is 0.310. The number of anilines is 1. The minimum Gasteiger partial charge on any atom is -0.497 e. The molecule has 0 spiro atoms. The fourth-order valence-corrected chi connectivity index (χ4v) is 4.24. The Balaban J connectivity index is 1.70. The van der Waals surface area contributed by atoms with Crippen molar-refractivity contribution >= 4 is 22.5 Å². The number of halogens is 1. The maximum absolute atomic E-state index is 13.7. The van der Waals surface area contributed by atoms with E-state index >= 15 is 0 Å². The Labute approximate surface area is 150 Å². The number of hydrogen-bond donors (Lipinski definition) is 0. The predicted octanol–water partition coefficient (Wildman–Crippen LogP) is 3.39. The van der Waals surface area contributed by atoms with Crippen molar-refractivity contribution in [3.63, 3.8) is 0 Å². The van der Waals surface area contributed by atoms with Crippen LogP contribution >= 0.6 is 0 Å². The molecular formula is C20H18FN3O2. The highest BCUT2D eigenvalue weighted by Gasteiger charge is 2.41. The van der Waals surface area contributed by atoms with E-state index in [0.29, 0.717) is 18.7 Å². The number of aromatic nitrogens is 1. The summed E-state index contributed by atoms with van der Waals surface area (Å²) in [6, 6.07) is 12.6. The quantitative estimate of drug-likeness (QED) is 0.674. The lowest BCUT2D eigenvalue weighted by Crippen LogP contribution is -2.52. The first-order valence-electron chi connectivity index (χ1n) is 8.59. The minimum atomic E-state index is -0.387. The van der Waals surface area contributed by atoms with Crippen LogP contribution in [0, 0.1) is 5.82 Å². The van der Waals surface area contributed by atoms with Crippen molar-refractivity contribution in [2.24, 2.45) is 0 Å². The highest BCUT2D eigenvalue weighted by atomic mass is 19.1. The molecule has 0 fully saturated rings. The molecule has 5 nitrogen and oxygen atoms in total. The molecule has 1 atom stereocenters. The SMILES string of the molecule is COc1ccc2c(c1)cc1n2CCN2C(=O)c3cc(F)ccc3N(C)C12. The van der Waals surface area contributed by atoms with E-state index in [1.54, 1.807) is 13.2 Å². The van der Waals surface area contributed by atoms with Gasteiger partial charge in [-0.2, -0.15) is 0 Å². The molecule has 3 aromatic rings. The van der Waals surface area contributed by atoms with Gasteiger partial charge in [-0.15, -0.1) is 0 Å². The van der Waals surface area contributed by atoms with Crippen molar-refractivity contribution in [3.8, 4) is 5.75 Å². The Morgan fingerprint density at radius 3 is 2.77 bits per heavy atom. The Kier molecular flexibility index (Phi) is 3.07. The van der Waals surface area contributed by atoms with Gasteiger partial charge in [-0.25, -0.2) is 4.39 Å². The first kappa shape index (κ1) is 15.3. The molecule has 2 aliphatic rings. The van der Waals surface area contributed by atoms with Gasteiger partial charge in [-0.3, -0.25) is 4.79 Å². The molecule has 132 valence electrons. The van der Waals surface area contributed by atoms with Crippen molar-refractivity contribution < 1.29 is 13.9 Å². The van der Waals surface area contributed by atoms with Crippen LogP contribution in [0.5, 0.6) is 5.75 Å². The van der Waals surface area contributed by atoms with Crippen molar-refractivity contribution in [1.82, 2.24) is 9.47 Å². The van der Waals surface area contributed by atoms with Crippen LogP contribution in [0.2, 0.25) is 0 Å². The number of fused-ring (bicyclic) bond motifs is 6. The van der Waals surface area contributed by atoms with Gasteiger partial charge in [0, 0.05) is 31.0 Å². The van der Waals surface area contributed by atoms with Gasteiger partial charge < -0.3 is 19.1 Å². The summed E-state index contributed by atoms with van der Waals surface area (Å²) in [7, 11) is 3.61. The average molecular weight is 351 g/mol. The van der Waals surface area contributed by atoms with Gasteiger partial charge in [-0.05, 0) is 42.5 Å². The molecule has 0 radical (unpaired) electrons. The molecule has 0 aliphatic carbocycles. The molecule has 0 N–H and O–H groups in total. The smallest absolute Gasteiger partial charge is 0.258 e. The van der Waals surface area contributed by atoms with E-state index in [1.807, 2.05) is 24.1 Å². The molecule has 0 bridgehead atoms. The first-order valence-corrected chi connectivity index (χ1v) is 8.59. The van der Waals surface area contributed by atoms with Gasteiger partial charge in [0.05, 0.1) is 24.1 Å². The van der Waals surface area contributed by atoms with Crippen LogP contribution in [0.15, 0.2) is 42.5 Å². The molecule has 26 heavy (non-hydrogen) atoms. The molecular weight excluding hydrogens is 333 g/mol. The summed E-state index contributed by atoms with van der Waals surface area (Å²) < 4.78 is 21.3. The van der Waals surface area contributed by atoms with E-state index < -0.39 is 0 Å². The second-order valence-electron chi connectivity index (χ2n) is 6.79. The molecule has 1 aromatic heterocycles. The van der Waals surface area contributed by atoms with Gasteiger partial charge in [0.15, 0.2) is 0 Å². The number of methoxy groups -OCH3 is 1. The van der Waals surface area contributed by atoms with Gasteiger partial charge in [0.25, 0.3) is 5.91 Å². The summed E-state index contributed by atoms with van der Waals surface area (Å²) in [6.45, 7) is 1.30. The summed E-state index contributed by atoms with van der Waals surface area (Å²) in [5, 5.41) is 1.09. The average Bonchev–Trinajstić information content (AvgIpc) is 3.03. The van der Waals surface area contributed by atoms with Crippen molar-refractivity contribution in [1.29, 1.82) is 0 Å². The topological polar surface area (TPSA) is 37.7 Å². The van der Waals surface area contributed by atoms with E-state index in [-0.39, 0.29) is 17.9 Å². The lowest BCUT2D eigenvalue weighted by Gasteiger charge is -2.46. The van der Waals surface area contributed by atoms with E-state index in [2.05, 4.69) is 21.6 Å². The van der Waals surface area contributed by atoms with Crippen LogP contribution in [0.4, 0.5) is 10.1 Å². The maximum Gasteiger partial charge on any atom is 0.258 e. The molecule has 0 saturated heterocycles. The fraction of sp³-hybridized carbons (Fsp3) is 0.250. The normalized spacial score (nSPS) is 18.6. The number of rotatable bonds is 1. The van der Waals surface area contributed by atoms with Crippen LogP contribution in [0.3, 0.4) is 0 Å². The highest BCUT2D eigenvalue weighted by molar-refractivity contribution is 6.02. The standard InChI is InChI=1S/C20H18FN3O2/c1-22-17-5-3-13(21)11-15(17)20(25)24-8-7-23-16-6-4-14(26-2)9-12(16)10-18(23)19(22)24/h3-6,9-11,19H,7-8H2,1-2H3. The minimum absolute atomic E-state index is 0.114. The zero-order chi connectivity index (χ0) is 18.0. The second-order valence-corrected chi connectivity index (χ2v) is 6.79. The zero-order valence-corrected chi connectivity index (χ0v) is 14.6. The number of benzene rings is 2. The number of nitrogens with zero attached hydrogens (tertiary/aromatic N) is 3. The van der Waals surface area contributed by atoms with Gasteiger partial charge >= 0.3 is 0 Å². The number of amides is 1. The van der Waals surface area contributed by atoms with E-state index in [4.69, 9.17) is 4.74 Å². The number of hydrogen-bond acceptors (Lipinski definition) is 3. The van der Waals surface area contributed by atoms with Crippen molar-refractivity contribution in [2.45, 2.75) is 12.7 Å². The molecule has 3 heterocycles. The number of carbonyl (C=O) groups excluding carboxylic acids is 1. The van der Waals surface area contributed by atoms with Crippen LogP contribution in [0.25, 0.3) is 10.9 Å². The third-order valence-corrected chi connectivity index (χ3v) is 5.46. The van der Waals surface area contributed by atoms with E-state index in [0.717, 1.165) is 28.0 Å². The summed E-state index contributed by atoms with van der Waals surface area (Å²) >= 11 is 0. The largest absolute Gasteiger partial charge is 0.497 e. The number of ether oxygens (including phenoxy) is 1. The summed E-state index contributed by atoms with van der Waals surface area (Å²) in [4.78, 5) is 16.9. The lowest BCUT2D eigenvalue weighted by atomic mass is 10.0. The van der Waals surface area contributed by atoms with E-state index in [1.165, 1.54) is 12.1 Å². The van der Waals surface area contributed by atoms with Gasteiger partial charge in [0.1, 0.15) is 17.7 Å². The summed E-state index contributed by atoms with van der Waals surface area (Å²) in [5.41, 5.74) is 3.38. The lowest BCUT2D eigenvalue weighted by molar-refractivity contribution is 0.0601. The zero-order valence-electron chi connectivity index (χ0n) is 14.6. The Morgan fingerprint density at radius 1 is 1.12 bits per heavy atom. The predicted molar refractivity (Wildman–Crippen MR) is 97.1 cm³/mol. The van der Waals surface area contributed by atoms with E-state index in [9.17, 15) is 9.18 Å². The maximum atomic E-state index is 13.7. The Hall–Kier alpha value is -3.02. The monoisotopic (exact) mass is 351 g/mol. The molecule has 2 aliphatic heterocycles. The molecule has 1 unspecified atom stereocenters. The Bertz CT molecular complexity index is 1060. The third kappa shape index (κ3) is 1.92. The van der Waals surface area contributed by atoms with Crippen molar-refractivity contribution in [2.75, 3.05) is 25.6 Å². The van der Waals surface area contributed by atoms with Crippen molar-refractivity contribution in [3.05, 3.63) is 59.5 Å². The summed E-state index contributed by atoms with van der Waals surface area (Å²) in [6.07, 6.45) is -0.201. The molecule has 0 saturated carbocycles. The molecule has 6 heteroatoms. The first-order chi connectivity index (χ1) is 12.6. The fourth-order valence-electron chi connectivity index (χ4n) is 4.24. The second kappa shape index (κ2) is 5.24. The van der Waals surface area contributed by atoms with Crippen LogP contribution in [-0.2, 0) is 6.54 Å². The molecule has 1 amide bonds. The molecule has 2 aromatic carbocycles. The highest BCUT2D eigenvalue weighted by Crippen LogP contribution is 2.42. The van der Waals surface area contributed by atoms with Gasteiger partial charge in [0.2, 0.25) is 0 Å². The van der Waals surface area contributed by atoms with Gasteiger partial charge in [-0.1, -0.05) is 0 Å². The third-order valence-electron chi connectivity index (χ3n) is 5.46. The Morgan fingerprint density at radius 2 is 1.96 bits per heavy atom. The van der Waals surface area contributed by atoms with Crippen LogP contribution in [0.1, 0.15) is 22.2 Å². The number of carbonyl (C=O) groups is 1. The van der Waals surface area contributed by atoms with Crippen LogP contribution in [-0.4, -0.2) is 36.1 Å². The van der Waals surface area contributed by atoms with Crippen LogP contribution < -0.4 is 9.64 Å². The molecule has 5 rings (SSSR count).